The van der Waals surface area contributed by atoms with Crippen LogP contribution in [0, 0.1) is 6.92 Å². The minimum atomic E-state index is -3.78. The largest absolute Gasteiger partial charge is 0.468 e. The number of carbonyl (C=O) groups is 2. The van der Waals surface area contributed by atoms with Crippen molar-refractivity contribution in [1.29, 1.82) is 0 Å². The topological polar surface area (TPSA) is 141 Å². The van der Waals surface area contributed by atoms with E-state index >= 15 is 0 Å². The first kappa shape index (κ1) is 20.3. The van der Waals surface area contributed by atoms with Crippen molar-refractivity contribution in [3.63, 3.8) is 0 Å². The fourth-order valence-electron chi connectivity index (χ4n) is 2.25. The van der Waals surface area contributed by atoms with Crippen LogP contribution < -0.4 is 10.0 Å². The van der Waals surface area contributed by atoms with Crippen LogP contribution in [0.1, 0.15) is 21.9 Å². The van der Waals surface area contributed by atoms with Crippen LogP contribution in [-0.2, 0) is 26.1 Å². The summed E-state index contributed by atoms with van der Waals surface area (Å²) in [6, 6.07) is 9.92. The Labute approximate surface area is 165 Å². The van der Waals surface area contributed by atoms with Gasteiger partial charge in [-0.3, -0.25) is 4.79 Å². The standard InChI is InChI=1S/C18H17N3O7S/c1-12-9-16(21-28-12)20-17(22)11-27-18(23)13-4-6-15(7-5-13)29(24,25)19-10-14-3-2-8-26-14/h2-9,19H,10-11H2,1H3,(H,20,21,22). The van der Waals surface area contributed by atoms with Crippen LogP contribution in [-0.4, -0.2) is 32.1 Å². The molecule has 3 aromatic rings. The number of carbonyl (C=O) groups excluding carboxylic acids is 2. The van der Waals surface area contributed by atoms with Gasteiger partial charge in [0.25, 0.3) is 5.91 Å². The molecule has 0 spiro atoms. The fraction of sp³-hybridized carbons (Fsp3) is 0.167. The number of anilines is 1. The van der Waals surface area contributed by atoms with Crippen molar-refractivity contribution in [1.82, 2.24) is 9.88 Å². The third kappa shape index (κ3) is 5.53. The van der Waals surface area contributed by atoms with Gasteiger partial charge in [0.15, 0.2) is 12.4 Å². The van der Waals surface area contributed by atoms with E-state index in [2.05, 4.69) is 15.2 Å². The molecule has 29 heavy (non-hydrogen) atoms. The first-order valence-electron chi connectivity index (χ1n) is 8.36. The monoisotopic (exact) mass is 419 g/mol. The lowest BCUT2D eigenvalue weighted by Gasteiger charge is -2.07. The molecular formula is C18H17N3O7S. The number of benzene rings is 1. The summed E-state index contributed by atoms with van der Waals surface area (Å²) in [7, 11) is -3.78. The minimum absolute atomic E-state index is 0.000712. The molecule has 0 bridgehead atoms. The van der Waals surface area contributed by atoms with E-state index < -0.39 is 28.5 Å². The van der Waals surface area contributed by atoms with Gasteiger partial charge >= 0.3 is 5.97 Å². The number of nitrogens with one attached hydrogen (secondary N) is 2. The Balaban J connectivity index is 1.53. The summed E-state index contributed by atoms with van der Waals surface area (Å²) < 4.78 is 41.7. The van der Waals surface area contributed by atoms with Crippen LogP contribution in [0.2, 0.25) is 0 Å². The Hall–Kier alpha value is -3.44. The van der Waals surface area contributed by atoms with E-state index in [1.54, 1.807) is 19.1 Å². The molecule has 0 aliphatic rings. The molecule has 0 aliphatic carbocycles. The Morgan fingerprint density at radius 3 is 2.55 bits per heavy atom. The van der Waals surface area contributed by atoms with E-state index in [4.69, 9.17) is 13.7 Å². The van der Waals surface area contributed by atoms with E-state index in [0.717, 1.165) is 0 Å². The molecule has 1 aromatic carbocycles. The molecule has 0 saturated heterocycles. The Bertz CT molecular complexity index is 1090. The van der Waals surface area contributed by atoms with Gasteiger partial charge in [0.05, 0.1) is 23.3 Å². The van der Waals surface area contributed by atoms with Gasteiger partial charge < -0.3 is 19.0 Å². The van der Waals surface area contributed by atoms with Crippen molar-refractivity contribution in [2.75, 3.05) is 11.9 Å². The molecule has 0 atom stereocenters. The summed E-state index contributed by atoms with van der Waals surface area (Å²) in [5.74, 6) is -0.170. The molecule has 3 rings (SSSR count). The lowest BCUT2D eigenvalue weighted by atomic mass is 10.2. The SMILES string of the molecule is Cc1cc(NC(=O)COC(=O)c2ccc(S(=O)(=O)NCc3ccco3)cc2)no1. The Kier molecular flexibility index (Phi) is 6.10. The van der Waals surface area contributed by atoms with E-state index in [1.807, 2.05) is 0 Å². The molecule has 1 amide bonds. The van der Waals surface area contributed by atoms with Crippen LogP contribution in [0.15, 0.2) is 62.6 Å². The molecule has 0 unspecified atom stereocenters. The number of amides is 1. The maximum atomic E-state index is 12.3. The molecule has 152 valence electrons. The number of hydrogen-bond acceptors (Lipinski definition) is 8. The number of sulfonamides is 1. The molecular weight excluding hydrogens is 402 g/mol. The second kappa shape index (κ2) is 8.71. The van der Waals surface area contributed by atoms with Crippen molar-refractivity contribution in [3.8, 4) is 0 Å². The predicted molar refractivity (Wildman–Crippen MR) is 99.3 cm³/mol. The zero-order valence-corrected chi connectivity index (χ0v) is 16.1. The highest BCUT2D eigenvalue weighted by atomic mass is 32.2. The summed E-state index contributed by atoms with van der Waals surface area (Å²) >= 11 is 0. The Morgan fingerprint density at radius 2 is 1.93 bits per heavy atom. The molecule has 0 saturated carbocycles. The third-order valence-electron chi connectivity index (χ3n) is 3.65. The maximum absolute atomic E-state index is 12.3. The van der Waals surface area contributed by atoms with Crippen LogP contribution in [0.25, 0.3) is 0 Å². The average Bonchev–Trinajstić information content (AvgIpc) is 3.36. The molecule has 11 heteroatoms. The van der Waals surface area contributed by atoms with E-state index in [0.29, 0.717) is 11.5 Å². The smallest absolute Gasteiger partial charge is 0.338 e. The second-order valence-electron chi connectivity index (χ2n) is 5.88. The number of aryl methyl sites for hydroxylation is 1. The zero-order chi connectivity index (χ0) is 20.9. The highest BCUT2D eigenvalue weighted by Gasteiger charge is 2.16. The van der Waals surface area contributed by atoms with Crippen LogP contribution >= 0.6 is 0 Å². The van der Waals surface area contributed by atoms with Crippen LogP contribution in [0.5, 0.6) is 0 Å². The molecule has 2 heterocycles. The quantitative estimate of drug-likeness (QED) is 0.527. The molecule has 0 radical (unpaired) electrons. The number of hydrogen-bond donors (Lipinski definition) is 2. The van der Waals surface area contributed by atoms with Gasteiger partial charge in [-0.15, -0.1) is 0 Å². The van der Waals surface area contributed by atoms with Gasteiger partial charge in [-0.25, -0.2) is 17.9 Å². The van der Waals surface area contributed by atoms with Gasteiger partial charge in [0, 0.05) is 6.07 Å². The highest BCUT2D eigenvalue weighted by Crippen LogP contribution is 2.13. The molecule has 2 N–H and O–H groups in total. The van der Waals surface area contributed by atoms with Crippen molar-refractivity contribution in [3.05, 3.63) is 65.8 Å². The number of esters is 1. The molecule has 10 nitrogen and oxygen atoms in total. The lowest BCUT2D eigenvalue weighted by molar-refractivity contribution is -0.119. The van der Waals surface area contributed by atoms with Gasteiger partial charge in [-0.05, 0) is 43.3 Å². The van der Waals surface area contributed by atoms with Crippen LogP contribution in [0.4, 0.5) is 5.82 Å². The van der Waals surface area contributed by atoms with Gasteiger partial charge in [-0.2, -0.15) is 0 Å². The number of nitrogens with zero attached hydrogens (tertiary/aromatic N) is 1. The summed E-state index contributed by atoms with van der Waals surface area (Å²) in [5.41, 5.74) is 0.0973. The number of ether oxygens (including phenoxy) is 1. The summed E-state index contributed by atoms with van der Waals surface area (Å²) in [6.07, 6.45) is 1.44. The van der Waals surface area contributed by atoms with E-state index in [9.17, 15) is 18.0 Å². The van der Waals surface area contributed by atoms with E-state index in [1.165, 1.54) is 36.6 Å². The molecule has 0 aliphatic heterocycles. The highest BCUT2D eigenvalue weighted by molar-refractivity contribution is 7.89. The minimum Gasteiger partial charge on any atom is -0.468 e. The third-order valence-corrected chi connectivity index (χ3v) is 5.06. The van der Waals surface area contributed by atoms with Crippen molar-refractivity contribution < 1.29 is 31.7 Å². The van der Waals surface area contributed by atoms with Gasteiger partial charge in [0.2, 0.25) is 10.0 Å². The lowest BCUT2D eigenvalue weighted by Crippen LogP contribution is -2.23. The van der Waals surface area contributed by atoms with Crippen molar-refractivity contribution >= 4 is 27.7 Å². The van der Waals surface area contributed by atoms with Crippen molar-refractivity contribution in [2.24, 2.45) is 0 Å². The van der Waals surface area contributed by atoms with Crippen LogP contribution in [0.3, 0.4) is 0 Å². The molecule has 2 aromatic heterocycles. The Morgan fingerprint density at radius 1 is 1.17 bits per heavy atom. The van der Waals surface area contributed by atoms with E-state index in [-0.39, 0.29) is 22.8 Å². The predicted octanol–water partition coefficient (Wildman–Crippen LogP) is 1.85. The number of aromatic nitrogens is 1. The first-order valence-corrected chi connectivity index (χ1v) is 9.84. The summed E-state index contributed by atoms with van der Waals surface area (Å²) in [6.45, 7) is 1.13. The average molecular weight is 419 g/mol. The second-order valence-corrected chi connectivity index (χ2v) is 7.64. The summed E-state index contributed by atoms with van der Waals surface area (Å²) in [5, 5.41) is 6.00. The molecule has 0 fully saturated rings. The maximum Gasteiger partial charge on any atom is 0.338 e. The number of rotatable bonds is 8. The summed E-state index contributed by atoms with van der Waals surface area (Å²) in [4.78, 5) is 23.8. The first-order chi connectivity index (χ1) is 13.8. The van der Waals surface area contributed by atoms with Gasteiger partial charge in [-0.1, -0.05) is 5.16 Å². The normalized spacial score (nSPS) is 11.2. The van der Waals surface area contributed by atoms with Crippen molar-refractivity contribution in [2.45, 2.75) is 18.4 Å². The number of furan rings is 1. The van der Waals surface area contributed by atoms with Gasteiger partial charge in [0.1, 0.15) is 11.5 Å². The zero-order valence-electron chi connectivity index (χ0n) is 15.2. The fourth-order valence-corrected chi connectivity index (χ4v) is 3.24.